The Kier molecular flexibility index (Phi) is 2.85. The number of aryl methyl sites for hydroxylation is 2. The molecule has 0 amide bonds. The van der Waals surface area contributed by atoms with Crippen LogP contribution in [0.4, 0.5) is 0 Å². The molecule has 76 valence electrons. The van der Waals surface area contributed by atoms with Crippen LogP contribution in [0.25, 0.3) is 0 Å². The van der Waals surface area contributed by atoms with Crippen LogP contribution in [0.3, 0.4) is 0 Å². The molecule has 2 heteroatoms. The van der Waals surface area contributed by atoms with E-state index in [0.717, 1.165) is 18.4 Å². The molecule has 2 rings (SSSR count). The van der Waals surface area contributed by atoms with Gasteiger partial charge in [-0.05, 0) is 42.4 Å². The molecule has 0 saturated carbocycles. The molecule has 1 aromatic rings. The van der Waals surface area contributed by atoms with Gasteiger partial charge < -0.3 is 10.2 Å². The molecule has 0 radical (unpaired) electrons. The van der Waals surface area contributed by atoms with Crippen LogP contribution in [0.1, 0.15) is 35.6 Å². The molecule has 14 heavy (non-hydrogen) atoms. The predicted molar refractivity (Wildman–Crippen MR) is 55.1 cm³/mol. The normalized spacial score (nSPS) is 17.6. The molecule has 0 saturated heterocycles. The van der Waals surface area contributed by atoms with Gasteiger partial charge in [0.1, 0.15) is 6.10 Å². The highest BCUT2D eigenvalue weighted by Gasteiger charge is 2.12. The number of aliphatic hydroxyl groups is 2. The molecule has 0 spiro atoms. The molecule has 2 nitrogen and oxygen atoms in total. The minimum atomic E-state index is -0.720. The van der Waals surface area contributed by atoms with Gasteiger partial charge >= 0.3 is 0 Å². The summed E-state index contributed by atoms with van der Waals surface area (Å²) in [4.78, 5) is 0. The Morgan fingerprint density at radius 1 is 1.14 bits per heavy atom. The first-order valence-electron chi connectivity index (χ1n) is 5.22. The van der Waals surface area contributed by atoms with Crippen LogP contribution >= 0.6 is 0 Å². The quantitative estimate of drug-likeness (QED) is 0.747. The number of benzene rings is 1. The van der Waals surface area contributed by atoms with Gasteiger partial charge in [-0.3, -0.25) is 0 Å². The van der Waals surface area contributed by atoms with Gasteiger partial charge in [0.25, 0.3) is 0 Å². The second kappa shape index (κ2) is 4.11. The van der Waals surface area contributed by atoms with Gasteiger partial charge in [0, 0.05) is 0 Å². The van der Waals surface area contributed by atoms with E-state index in [1.807, 2.05) is 12.1 Å². The summed E-state index contributed by atoms with van der Waals surface area (Å²) in [7, 11) is 0. The Hall–Kier alpha value is -0.860. The van der Waals surface area contributed by atoms with Crippen molar-refractivity contribution in [2.24, 2.45) is 0 Å². The summed E-state index contributed by atoms with van der Waals surface area (Å²) in [5, 5.41) is 18.3. The number of fused-ring (bicyclic) bond motifs is 1. The van der Waals surface area contributed by atoms with Crippen molar-refractivity contribution in [3.05, 3.63) is 34.9 Å². The average Bonchev–Trinajstić information content (AvgIpc) is 2.27. The first kappa shape index (κ1) is 9.69. The Balaban J connectivity index is 2.29. The predicted octanol–water partition coefficient (Wildman–Crippen LogP) is 1.59. The first-order chi connectivity index (χ1) is 6.81. The minimum absolute atomic E-state index is 0.196. The lowest BCUT2D eigenvalue weighted by Gasteiger charge is -2.17. The highest BCUT2D eigenvalue weighted by molar-refractivity contribution is 5.34. The van der Waals surface area contributed by atoms with Crippen LogP contribution < -0.4 is 0 Å². The van der Waals surface area contributed by atoms with Crippen molar-refractivity contribution < 1.29 is 10.2 Å². The molecule has 1 aromatic carbocycles. The largest absolute Gasteiger partial charge is 0.393 e. The van der Waals surface area contributed by atoms with E-state index in [1.54, 1.807) is 0 Å². The van der Waals surface area contributed by atoms with Crippen molar-refractivity contribution in [1.82, 2.24) is 0 Å². The van der Waals surface area contributed by atoms with Gasteiger partial charge in [-0.2, -0.15) is 0 Å². The Morgan fingerprint density at radius 2 is 1.86 bits per heavy atom. The average molecular weight is 192 g/mol. The standard InChI is InChI=1S/C12H16O2/c13-8-12(14)11-6-5-9-3-1-2-4-10(9)7-11/h5-7,12-14H,1-4,8H2. The van der Waals surface area contributed by atoms with E-state index in [-0.39, 0.29) is 6.61 Å². The molecule has 0 fully saturated rings. The molecule has 0 aromatic heterocycles. The summed E-state index contributed by atoms with van der Waals surface area (Å²) in [5.41, 5.74) is 3.60. The SMILES string of the molecule is OCC(O)c1ccc2c(c1)CCCC2. The van der Waals surface area contributed by atoms with E-state index < -0.39 is 6.10 Å². The first-order valence-corrected chi connectivity index (χ1v) is 5.22. The van der Waals surface area contributed by atoms with E-state index in [4.69, 9.17) is 5.11 Å². The zero-order valence-electron chi connectivity index (χ0n) is 8.24. The van der Waals surface area contributed by atoms with Gasteiger partial charge in [0.05, 0.1) is 6.61 Å². The van der Waals surface area contributed by atoms with Gasteiger partial charge in [-0.15, -0.1) is 0 Å². The topological polar surface area (TPSA) is 40.5 Å². The van der Waals surface area contributed by atoms with E-state index >= 15 is 0 Å². The van der Waals surface area contributed by atoms with Crippen LogP contribution in [-0.2, 0) is 12.8 Å². The van der Waals surface area contributed by atoms with Gasteiger partial charge in [0.15, 0.2) is 0 Å². The van der Waals surface area contributed by atoms with E-state index in [0.29, 0.717) is 0 Å². The molecule has 0 heterocycles. The monoisotopic (exact) mass is 192 g/mol. The maximum Gasteiger partial charge on any atom is 0.102 e. The lowest BCUT2D eigenvalue weighted by molar-refractivity contribution is 0.0955. The van der Waals surface area contributed by atoms with Crippen molar-refractivity contribution in [2.45, 2.75) is 31.8 Å². The molecule has 1 atom stereocenters. The van der Waals surface area contributed by atoms with Crippen molar-refractivity contribution in [1.29, 1.82) is 0 Å². The summed E-state index contributed by atoms with van der Waals surface area (Å²) in [5.74, 6) is 0. The summed E-state index contributed by atoms with van der Waals surface area (Å²) in [6.07, 6.45) is 4.06. The smallest absolute Gasteiger partial charge is 0.102 e. The van der Waals surface area contributed by atoms with E-state index in [2.05, 4.69) is 6.07 Å². The zero-order valence-corrected chi connectivity index (χ0v) is 8.24. The van der Waals surface area contributed by atoms with Crippen molar-refractivity contribution in [3.8, 4) is 0 Å². The maximum absolute atomic E-state index is 9.48. The number of aliphatic hydroxyl groups excluding tert-OH is 2. The Morgan fingerprint density at radius 3 is 2.57 bits per heavy atom. The van der Waals surface area contributed by atoms with Gasteiger partial charge in [-0.1, -0.05) is 18.2 Å². The Labute approximate surface area is 84.2 Å². The molecular weight excluding hydrogens is 176 g/mol. The second-order valence-corrected chi connectivity index (χ2v) is 3.93. The minimum Gasteiger partial charge on any atom is -0.393 e. The summed E-state index contributed by atoms with van der Waals surface area (Å²) >= 11 is 0. The fourth-order valence-electron chi connectivity index (χ4n) is 2.07. The molecular formula is C12H16O2. The molecule has 1 aliphatic carbocycles. The number of hydrogen-bond donors (Lipinski definition) is 2. The highest BCUT2D eigenvalue weighted by Crippen LogP contribution is 2.24. The zero-order chi connectivity index (χ0) is 9.97. The lowest BCUT2D eigenvalue weighted by atomic mass is 9.89. The summed E-state index contributed by atoms with van der Waals surface area (Å²) in [6, 6.07) is 6.04. The fourth-order valence-corrected chi connectivity index (χ4v) is 2.07. The maximum atomic E-state index is 9.48. The van der Waals surface area contributed by atoms with Crippen LogP contribution in [0.5, 0.6) is 0 Å². The third-order valence-electron chi connectivity index (χ3n) is 2.93. The third-order valence-corrected chi connectivity index (χ3v) is 2.93. The van der Waals surface area contributed by atoms with E-state index in [9.17, 15) is 5.11 Å². The molecule has 0 aliphatic heterocycles. The van der Waals surface area contributed by atoms with Crippen LogP contribution in [0, 0.1) is 0 Å². The number of hydrogen-bond acceptors (Lipinski definition) is 2. The Bertz CT molecular complexity index is 320. The second-order valence-electron chi connectivity index (χ2n) is 3.93. The van der Waals surface area contributed by atoms with Crippen LogP contribution in [0.2, 0.25) is 0 Å². The van der Waals surface area contributed by atoms with Gasteiger partial charge in [-0.25, -0.2) is 0 Å². The van der Waals surface area contributed by atoms with Crippen LogP contribution in [-0.4, -0.2) is 16.8 Å². The van der Waals surface area contributed by atoms with Crippen molar-refractivity contribution in [3.63, 3.8) is 0 Å². The van der Waals surface area contributed by atoms with Crippen LogP contribution in [0.15, 0.2) is 18.2 Å². The van der Waals surface area contributed by atoms with E-state index in [1.165, 1.54) is 24.0 Å². The lowest BCUT2D eigenvalue weighted by Crippen LogP contribution is -2.07. The number of rotatable bonds is 2. The third kappa shape index (κ3) is 1.81. The van der Waals surface area contributed by atoms with Gasteiger partial charge in [0.2, 0.25) is 0 Å². The highest BCUT2D eigenvalue weighted by atomic mass is 16.3. The van der Waals surface area contributed by atoms with Crippen molar-refractivity contribution in [2.75, 3.05) is 6.61 Å². The summed E-state index contributed by atoms with van der Waals surface area (Å²) in [6.45, 7) is -0.196. The fraction of sp³-hybridized carbons (Fsp3) is 0.500. The molecule has 1 unspecified atom stereocenters. The summed E-state index contributed by atoms with van der Waals surface area (Å²) < 4.78 is 0. The molecule has 2 N–H and O–H groups in total. The van der Waals surface area contributed by atoms with Crippen molar-refractivity contribution >= 4 is 0 Å². The molecule has 1 aliphatic rings. The molecule has 0 bridgehead atoms.